The van der Waals surface area contributed by atoms with E-state index in [1.54, 1.807) is 12.1 Å². The molecular weight excluding hydrogens is 285 g/mol. The number of halogens is 1. The summed E-state index contributed by atoms with van der Waals surface area (Å²) in [5, 5.41) is 5.48. The SMILES string of the molecule is CC[C@H](C)NC(=O)Nc1ccc(Oc2ccc(F)cc2)nc1. The molecule has 0 fully saturated rings. The van der Waals surface area contributed by atoms with Gasteiger partial charge in [-0.2, -0.15) is 0 Å². The van der Waals surface area contributed by atoms with Gasteiger partial charge in [-0.15, -0.1) is 0 Å². The lowest BCUT2D eigenvalue weighted by Crippen LogP contribution is -2.35. The van der Waals surface area contributed by atoms with Gasteiger partial charge in [0.25, 0.3) is 0 Å². The van der Waals surface area contributed by atoms with Crippen LogP contribution < -0.4 is 15.4 Å². The van der Waals surface area contributed by atoms with E-state index >= 15 is 0 Å². The van der Waals surface area contributed by atoms with Crippen molar-refractivity contribution in [3.8, 4) is 11.6 Å². The van der Waals surface area contributed by atoms with E-state index in [1.165, 1.54) is 30.5 Å². The maximum atomic E-state index is 12.8. The fraction of sp³-hybridized carbons (Fsp3) is 0.250. The zero-order valence-electron chi connectivity index (χ0n) is 12.5. The summed E-state index contributed by atoms with van der Waals surface area (Å²) in [5.74, 6) is 0.524. The average molecular weight is 303 g/mol. The van der Waals surface area contributed by atoms with Crippen molar-refractivity contribution >= 4 is 11.7 Å². The molecule has 116 valence electrons. The monoisotopic (exact) mass is 303 g/mol. The lowest BCUT2D eigenvalue weighted by Gasteiger charge is -2.12. The summed E-state index contributed by atoms with van der Waals surface area (Å²) in [6.07, 6.45) is 2.35. The van der Waals surface area contributed by atoms with Crippen LogP contribution in [0.3, 0.4) is 0 Å². The first-order valence-electron chi connectivity index (χ1n) is 7.04. The molecular formula is C16H18FN3O2. The fourth-order valence-corrected chi connectivity index (χ4v) is 1.63. The van der Waals surface area contributed by atoms with Crippen LogP contribution in [0.5, 0.6) is 11.6 Å². The molecule has 0 aliphatic rings. The molecule has 2 aromatic rings. The van der Waals surface area contributed by atoms with Crippen LogP contribution in [0.1, 0.15) is 20.3 Å². The molecule has 1 aromatic carbocycles. The molecule has 0 bridgehead atoms. The third-order valence-corrected chi connectivity index (χ3v) is 3.02. The van der Waals surface area contributed by atoms with Gasteiger partial charge in [0.1, 0.15) is 11.6 Å². The minimum absolute atomic E-state index is 0.106. The second-order valence-electron chi connectivity index (χ2n) is 4.85. The Labute approximate surface area is 128 Å². The van der Waals surface area contributed by atoms with Gasteiger partial charge in [-0.1, -0.05) is 6.92 Å². The van der Waals surface area contributed by atoms with Gasteiger partial charge in [-0.3, -0.25) is 0 Å². The quantitative estimate of drug-likeness (QED) is 0.879. The second kappa shape index (κ2) is 7.40. The number of aromatic nitrogens is 1. The number of amides is 2. The van der Waals surface area contributed by atoms with Crippen molar-refractivity contribution in [2.45, 2.75) is 26.3 Å². The van der Waals surface area contributed by atoms with E-state index in [9.17, 15) is 9.18 Å². The predicted molar refractivity (Wildman–Crippen MR) is 82.6 cm³/mol. The molecule has 2 rings (SSSR count). The van der Waals surface area contributed by atoms with Crippen molar-refractivity contribution in [1.29, 1.82) is 0 Å². The third-order valence-electron chi connectivity index (χ3n) is 3.02. The van der Waals surface area contributed by atoms with E-state index in [2.05, 4.69) is 15.6 Å². The first-order valence-corrected chi connectivity index (χ1v) is 7.04. The van der Waals surface area contributed by atoms with E-state index in [0.29, 0.717) is 17.3 Å². The van der Waals surface area contributed by atoms with Gasteiger partial charge in [0.05, 0.1) is 11.9 Å². The van der Waals surface area contributed by atoms with Gasteiger partial charge in [-0.25, -0.2) is 14.2 Å². The minimum Gasteiger partial charge on any atom is -0.439 e. The summed E-state index contributed by atoms with van der Waals surface area (Å²) in [6.45, 7) is 3.92. The zero-order chi connectivity index (χ0) is 15.9. The van der Waals surface area contributed by atoms with Crippen LogP contribution in [0.4, 0.5) is 14.9 Å². The molecule has 0 spiro atoms. The molecule has 1 aromatic heterocycles. The highest BCUT2D eigenvalue weighted by atomic mass is 19.1. The Balaban J connectivity index is 1.92. The Kier molecular flexibility index (Phi) is 5.30. The molecule has 5 nitrogen and oxygen atoms in total. The molecule has 0 radical (unpaired) electrons. The van der Waals surface area contributed by atoms with Gasteiger partial charge in [0.2, 0.25) is 5.88 Å². The first-order chi connectivity index (χ1) is 10.6. The van der Waals surface area contributed by atoms with Crippen LogP contribution in [0.2, 0.25) is 0 Å². The van der Waals surface area contributed by atoms with Crippen LogP contribution in [-0.4, -0.2) is 17.1 Å². The number of nitrogens with zero attached hydrogens (tertiary/aromatic N) is 1. The molecule has 2 amide bonds. The van der Waals surface area contributed by atoms with E-state index in [-0.39, 0.29) is 17.9 Å². The standard InChI is InChI=1S/C16H18FN3O2/c1-3-11(2)19-16(21)20-13-6-9-15(18-10-13)22-14-7-4-12(17)5-8-14/h4-11H,3H2,1-2H3,(H2,19,20,21)/t11-/m0/s1. The number of carbonyl (C=O) groups excluding carboxylic acids is 1. The first kappa shape index (κ1) is 15.8. The van der Waals surface area contributed by atoms with Crippen molar-refractivity contribution in [3.63, 3.8) is 0 Å². The van der Waals surface area contributed by atoms with Gasteiger partial charge in [-0.05, 0) is 43.7 Å². The number of carbonyl (C=O) groups is 1. The molecule has 1 heterocycles. The second-order valence-corrected chi connectivity index (χ2v) is 4.85. The zero-order valence-corrected chi connectivity index (χ0v) is 12.5. The molecule has 0 unspecified atom stereocenters. The molecule has 0 aliphatic carbocycles. The number of hydrogen-bond donors (Lipinski definition) is 2. The highest BCUT2D eigenvalue weighted by Gasteiger charge is 2.06. The lowest BCUT2D eigenvalue weighted by molar-refractivity contribution is 0.249. The van der Waals surface area contributed by atoms with E-state index < -0.39 is 0 Å². The average Bonchev–Trinajstić information content (AvgIpc) is 2.51. The van der Waals surface area contributed by atoms with Crippen LogP contribution in [-0.2, 0) is 0 Å². The minimum atomic E-state index is -0.327. The summed E-state index contributed by atoms with van der Waals surface area (Å²) in [4.78, 5) is 15.8. The number of anilines is 1. The van der Waals surface area contributed by atoms with Gasteiger partial charge >= 0.3 is 6.03 Å². The summed E-state index contributed by atoms with van der Waals surface area (Å²) < 4.78 is 18.3. The number of ether oxygens (including phenoxy) is 1. The predicted octanol–water partition coefficient (Wildman–Crippen LogP) is 3.93. The summed E-state index contributed by atoms with van der Waals surface area (Å²) in [7, 11) is 0. The maximum Gasteiger partial charge on any atom is 0.319 e. The van der Waals surface area contributed by atoms with Crippen LogP contribution >= 0.6 is 0 Å². The Bertz CT molecular complexity index is 614. The molecule has 2 N–H and O–H groups in total. The molecule has 0 aliphatic heterocycles. The molecule has 0 saturated heterocycles. The number of benzene rings is 1. The molecule has 1 atom stereocenters. The topological polar surface area (TPSA) is 63.2 Å². The lowest BCUT2D eigenvalue weighted by atomic mass is 10.3. The van der Waals surface area contributed by atoms with E-state index in [4.69, 9.17) is 4.74 Å². The number of urea groups is 1. The third kappa shape index (κ3) is 4.73. The Morgan fingerprint density at radius 3 is 2.59 bits per heavy atom. The summed E-state index contributed by atoms with van der Waals surface area (Å²) >= 11 is 0. The normalized spacial score (nSPS) is 11.6. The number of nitrogens with one attached hydrogen (secondary N) is 2. The summed E-state index contributed by atoms with van der Waals surface area (Å²) in [5.41, 5.74) is 0.562. The van der Waals surface area contributed by atoms with Gasteiger partial charge in [0.15, 0.2) is 0 Å². The van der Waals surface area contributed by atoms with Crippen molar-refractivity contribution in [2.24, 2.45) is 0 Å². The van der Waals surface area contributed by atoms with Crippen molar-refractivity contribution in [3.05, 3.63) is 48.4 Å². The smallest absolute Gasteiger partial charge is 0.319 e. The molecule has 22 heavy (non-hydrogen) atoms. The highest BCUT2D eigenvalue weighted by molar-refractivity contribution is 5.89. The Hall–Kier alpha value is -2.63. The highest BCUT2D eigenvalue weighted by Crippen LogP contribution is 2.20. The molecule has 6 heteroatoms. The van der Waals surface area contributed by atoms with Gasteiger partial charge in [0, 0.05) is 12.1 Å². The van der Waals surface area contributed by atoms with E-state index in [1.807, 2.05) is 13.8 Å². The van der Waals surface area contributed by atoms with Crippen molar-refractivity contribution < 1.29 is 13.9 Å². The Morgan fingerprint density at radius 2 is 2.00 bits per heavy atom. The maximum absolute atomic E-state index is 12.8. The van der Waals surface area contributed by atoms with Crippen LogP contribution in [0.25, 0.3) is 0 Å². The summed E-state index contributed by atoms with van der Waals surface area (Å²) in [6, 6.07) is 8.79. The number of pyridine rings is 1. The van der Waals surface area contributed by atoms with E-state index in [0.717, 1.165) is 6.42 Å². The number of hydrogen-bond acceptors (Lipinski definition) is 3. The number of rotatable bonds is 5. The van der Waals surface area contributed by atoms with Crippen molar-refractivity contribution in [2.75, 3.05) is 5.32 Å². The van der Waals surface area contributed by atoms with Gasteiger partial charge < -0.3 is 15.4 Å². The van der Waals surface area contributed by atoms with Crippen LogP contribution in [0.15, 0.2) is 42.6 Å². The fourth-order valence-electron chi connectivity index (χ4n) is 1.63. The largest absolute Gasteiger partial charge is 0.439 e. The Morgan fingerprint density at radius 1 is 1.27 bits per heavy atom. The van der Waals surface area contributed by atoms with Crippen molar-refractivity contribution in [1.82, 2.24) is 10.3 Å². The molecule has 0 saturated carbocycles. The van der Waals surface area contributed by atoms with Crippen LogP contribution in [0, 0.1) is 5.82 Å².